The average Bonchev–Trinajstić information content (AvgIpc) is 2.43. The molecule has 0 spiro atoms. The smallest absolute Gasteiger partial charge is 0.409 e. The van der Waals surface area contributed by atoms with Crippen molar-refractivity contribution in [1.29, 1.82) is 0 Å². The summed E-state index contributed by atoms with van der Waals surface area (Å²) in [5, 5.41) is 0. The summed E-state index contributed by atoms with van der Waals surface area (Å²) in [6.07, 6.45) is 3.04. The minimum absolute atomic E-state index is 0.146. The molecule has 1 rings (SSSR count). The van der Waals surface area contributed by atoms with Crippen LogP contribution in [-0.2, 0) is 14.3 Å². The quantitative estimate of drug-likeness (QED) is 0.704. The zero-order valence-electron chi connectivity index (χ0n) is 12.9. The van der Waals surface area contributed by atoms with Crippen LogP contribution in [0.3, 0.4) is 0 Å². The zero-order chi connectivity index (χ0) is 15.0. The number of hydrogen-bond donors (Lipinski definition) is 0. The Bertz CT molecular complexity index is 317. The van der Waals surface area contributed by atoms with Gasteiger partial charge in [-0.3, -0.25) is 4.79 Å². The summed E-state index contributed by atoms with van der Waals surface area (Å²) < 4.78 is 10.2. The highest BCUT2D eigenvalue weighted by Crippen LogP contribution is 2.21. The normalized spacial score (nSPS) is 19.0. The Morgan fingerprint density at radius 1 is 1.30 bits per heavy atom. The molecule has 1 amide bonds. The molecule has 5 heteroatoms. The van der Waals surface area contributed by atoms with E-state index in [1.165, 1.54) is 0 Å². The van der Waals surface area contributed by atoms with Gasteiger partial charge in [-0.2, -0.15) is 0 Å². The number of ether oxygens (including phenoxy) is 2. The topological polar surface area (TPSA) is 55.8 Å². The van der Waals surface area contributed by atoms with Gasteiger partial charge in [-0.25, -0.2) is 4.79 Å². The molecule has 0 N–H and O–H groups in total. The van der Waals surface area contributed by atoms with Gasteiger partial charge in [0.2, 0.25) is 0 Å². The molecule has 0 aromatic heterocycles. The van der Waals surface area contributed by atoms with E-state index >= 15 is 0 Å². The summed E-state index contributed by atoms with van der Waals surface area (Å²) in [6, 6.07) is 0. The zero-order valence-corrected chi connectivity index (χ0v) is 12.9. The van der Waals surface area contributed by atoms with Crippen LogP contribution in [0, 0.1) is 11.8 Å². The fourth-order valence-corrected chi connectivity index (χ4v) is 2.35. The number of esters is 1. The van der Waals surface area contributed by atoms with Gasteiger partial charge in [-0.05, 0) is 38.0 Å². The van der Waals surface area contributed by atoms with E-state index in [1.54, 1.807) is 4.90 Å². The van der Waals surface area contributed by atoms with Crippen molar-refractivity contribution in [2.75, 3.05) is 26.3 Å². The molecule has 1 aliphatic heterocycles. The first-order valence-corrected chi connectivity index (χ1v) is 7.60. The van der Waals surface area contributed by atoms with Gasteiger partial charge in [0.15, 0.2) is 0 Å². The molecular weight excluding hydrogens is 258 g/mol. The predicted molar refractivity (Wildman–Crippen MR) is 76.4 cm³/mol. The van der Waals surface area contributed by atoms with E-state index in [1.807, 2.05) is 20.8 Å². The molecule has 20 heavy (non-hydrogen) atoms. The highest BCUT2D eigenvalue weighted by molar-refractivity contribution is 5.69. The fourth-order valence-electron chi connectivity index (χ4n) is 2.35. The van der Waals surface area contributed by atoms with E-state index in [0.29, 0.717) is 38.0 Å². The molecule has 1 aliphatic rings. The lowest BCUT2D eigenvalue weighted by atomic mass is 9.94. The van der Waals surface area contributed by atoms with E-state index in [9.17, 15) is 9.59 Å². The molecule has 1 atom stereocenters. The first-order chi connectivity index (χ1) is 9.52. The van der Waals surface area contributed by atoms with Crippen LogP contribution in [-0.4, -0.2) is 43.3 Å². The summed E-state index contributed by atoms with van der Waals surface area (Å²) >= 11 is 0. The average molecular weight is 285 g/mol. The van der Waals surface area contributed by atoms with Crippen LogP contribution in [0.1, 0.15) is 46.5 Å². The van der Waals surface area contributed by atoms with Gasteiger partial charge in [0.25, 0.3) is 0 Å². The Hall–Kier alpha value is -1.26. The van der Waals surface area contributed by atoms with Crippen molar-refractivity contribution in [2.45, 2.75) is 46.5 Å². The third-order valence-corrected chi connectivity index (χ3v) is 3.38. The van der Waals surface area contributed by atoms with Crippen LogP contribution < -0.4 is 0 Å². The summed E-state index contributed by atoms with van der Waals surface area (Å²) in [5.41, 5.74) is 0. The minimum Gasteiger partial charge on any atom is -0.466 e. The van der Waals surface area contributed by atoms with Crippen LogP contribution in [0.5, 0.6) is 0 Å². The standard InChI is InChI=1S/C15H27NO4/c1-4-19-14(17)8-7-13-6-5-9-16(10-13)15(18)20-11-12(2)3/h12-13H,4-11H2,1-3H3. The Balaban J connectivity index is 2.30. The first kappa shape index (κ1) is 16.8. The maximum absolute atomic E-state index is 11.9. The van der Waals surface area contributed by atoms with Crippen molar-refractivity contribution in [1.82, 2.24) is 4.90 Å². The highest BCUT2D eigenvalue weighted by atomic mass is 16.6. The molecule has 0 aliphatic carbocycles. The third-order valence-electron chi connectivity index (χ3n) is 3.38. The lowest BCUT2D eigenvalue weighted by Crippen LogP contribution is -2.40. The Morgan fingerprint density at radius 2 is 2.05 bits per heavy atom. The lowest BCUT2D eigenvalue weighted by Gasteiger charge is -2.32. The van der Waals surface area contributed by atoms with Crippen molar-refractivity contribution in [3.8, 4) is 0 Å². The Morgan fingerprint density at radius 3 is 2.70 bits per heavy atom. The molecule has 1 unspecified atom stereocenters. The van der Waals surface area contributed by atoms with Gasteiger partial charge in [0, 0.05) is 19.5 Å². The molecule has 0 saturated carbocycles. The van der Waals surface area contributed by atoms with E-state index < -0.39 is 0 Å². The second-order valence-corrected chi connectivity index (χ2v) is 5.77. The number of piperidine rings is 1. The van der Waals surface area contributed by atoms with Gasteiger partial charge in [-0.1, -0.05) is 13.8 Å². The van der Waals surface area contributed by atoms with Crippen LogP contribution in [0.2, 0.25) is 0 Å². The maximum Gasteiger partial charge on any atom is 0.409 e. The number of amides is 1. The second kappa shape index (κ2) is 8.82. The third kappa shape index (κ3) is 6.26. The number of carbonyl (C=O) groups excluding carboxylic acids is 2. The van der Waals surface area contributed by atoms with Gasteiger partial charge in [0.1, 0.15) is 0 Å². The first-order valence-electron chi connectivity index (χ1n) is 7.60. The van der Waals surface area contributed by atoms with Crippen molar-refractivity contribution in [3.05, 3.63) is 0 Å². The molecule has 0 aromatic rings. The SMILES string of the molecule is CCOC(=O)CCC1CCCN(C(=O)OCC(C)C)C1. The lowest BCUT2D eigenvalue weighted by molar-refractivity contribution is -0.143. The molecule has 1 fully saturated rings. The maximum atomic E-state index is 11.9. The van der Waals surface area contributed by atoms with Crippen molar-refractivity contribution >= 4 is 12.1 Å². The van der Waals surface area contributed by atoms with Crippen molar-refractivity contribution in [3.63, 3.8) is 0 Å². The van der Waals surface area contributed by atoms with Crippen LogP contribution in [0.4, 0.5) is 4.79 Å². The predicted octanol–water partition coefficient (Wildman–Crippen LogP) is 2.83. The molecule has 5 nitrogen and oxygen atoms in total. The van der Waals surface area contributed by atoms with Crippen LogP contribution >= 0.6 is 0 Å². The minimum atomic E-state index is -0.223. The summed E-state index contributed by atoms with van der Waals surface area (Å²) in [6.45, 7) is 8.19. The summed E-state index contributed by atoms with van der Waals surface area (Å²) in [5.74, 6) is 0.579. The molecule has 0 aromatic carbocycles. The highest BCUT2D eigenvalue weighted by Gasteiger charge is 2.25. The second-order valence-electron chi connectivity index (χ2n) is 5.77. The molecule has 0 bridgehead atoms. The number of rotatable bonds is 6. The van der Waals surface area contributed by atoms with E-state index in [2.05, 4.69) is 0 Å². The van der Waals surface area contributed by atoms with Crippen molar-refractivity contribution in [2.24, 2.45) is 11.8 Å². The van der Waals surface area contributed by atoms with Gasteiger partial charge < -0.3 is 14.4 Å². The van der Waals surface area contributed by atoms with Crippen molar-refractivity contribution < 1.29 is 19.1 Å². The molecular formula is C15H27NO4. The molecule has 1 heterocycles. The van der Waals surface area contributed by atoms with Gasteiger partial charge >= 0.3 is 12.1 Å². The molecule has 116 valence electrons. The summed E-state index contributed by atoms with van der Waals surface area (Å²) in [7, 11) is 0. The monoisotopic (exact) mass is 285 g/mol. The van der Waals surface area contributed by atoms with Crippen LogP contribution in [0.25, 0.3) is 0 Å². The fraction of sp³-hybridized carbons (Fsp3) is 0.867. The van der Waals surface area contributed by atoms with E-state index in [0.717, 1.165) is 25.8 Å². The largest absolute Gasteiger partial charge is 0.466 e. The Labute approximate surface area is 121 Å². The van der Waals surface area contributed by atoms with Gasteiger partial charge in [0.05, 0.1) is 13.2 Å². The number of carbonyl (C=O) groups is 2. The van der Waals surface area contributed by atoms with E-state index in [-0.39, 0.29) is 12.1 Å². The van der Waals surface area contributed by atoms with Gasteiger partial charge in [-0.15, -0.1) is 0 Å². The Kier molecular flexibility index (Phi) is 7.41. The van der Waals surface area contributed by atoms with E-state index in [4.69, 9.17) is 9.47 Å². The number of hydrogen-bond acceptors (Lipinski definition) is 4. The number of likely N-dealkylation sites (tertiary alicyclic amines) is 1. The molecule has 0 radical (unpaired) electrons. The summed E-state index contributed by atoms with van der Waals surface area (Å²) in [4.78, 5) is 25.0. The van der Waals surface area contributed by atoms with Crippen LogP contribution in [0.15, 0.2) is 0 Å². The molecule has 1 saturated heterocycles. The number of nitrogens with zero attached hydrogens (tertiary/aromatic N) is 1.